The van der Waals surface area contributed by atoms with E-state index in [0.29, 0.717) is 39.8 Å². The van der Waals surface area contributed by atoms with E-state index in [4.69, 9.17) is 14.2 Å². The molecule has 0 radical (unpaired) electrons. The highest BCUT2D eigenvalue weighted by molar-refractivity contribution is 6.06. The summed E-state index contributed by atoms with van der Waals surface area (Å²) in [5.74, 6) is -0.601. The van der Waals surface area contributed by atoms with Gasteiger partial charge in [0.25, 0.3) is 0 Å². The third kappa shape index (κ3) is 5.22. The summed E-state index contributed by atoms with van der Waals surface area (Å²) in [6.45, 7) is 7.72. The number of hydrogen-bond donors (Lipinski definition) is 1. The molecule has 2 heterocycles. The van der Waals surface area contributed by atoms with Crippen LogP contribution in [0.15, 0.2) is 47.3 Å². The van der Waals surface area contributed by atoms with Crippen molar-refractivity contribution >= 4 is 50.2 Å². The van der Waals surface area contributed by atoms with Crippen LogP contribution in [0, 0.1) is 0 Å². The first kappa shape index (κ1) is 28.4. The minimum atomic E-state index is -1.03. The molecule has 5 rings (SSSR count). The zero-order valence-electron chi connectivity index (χ0n) is 24.7. The summed E-state index contributed by atoms with van der Waals surface area (Å²) in [6.07, 6.45) is -1.08. The van der Waals surface area contributed by atoms with E-state index >= 15 is 0 Å². The van der Waals surface area contributed by atoms with Crippen LogP contribution in [0.1, 0.15) is 45.8 Å². The van der Waals surface area contributed by atoms with Crippen molar-refractivity contribution in [3.8, 4) is 5.75 Å². The molecule has 0 unspecified atom stereocenters. The molecule has 1 aliphatic rings. The number of carbonyl (C=O) groups excluding carboxylic acids is 2. The second-order valence-electron chi connectivity index (χ2n) is 11.5. The summed E-state index contributed by atoms with van der Waals surface area (Å²) >= 11 is 0. The zero-order valence-corrected chi connectivity index (χ0v) is 24.7. The van der Waals surface area contributed by atoms with E-state index < -0.39 is 29.7 Å². The molecular weight excluding hydrogens is 522 g/mol. The number of esters is 2. The Labute approximate surface area is 239 Å². The Morgan fingerprint density at radius 3 is 2.34 bits per heavy atom. The average molecular weight is 560 g/mol. The van der Waals surface area contributed by atoms with Gasteiger partial charge in [0.15, 0.2) is 17.6 Å². The molecule has 216 valence electrons. The monoisotopic (exact) mass is 559 g/mol. The van der Waals surface area contributed by atoms with E-state index in [9.17, 15) is 14.4 Å². The third-order valence-corrected chi connectivity index (χ3v) is 7.64. The van der Waals surface area contributed by atoms with E-state index in [1.165, 1.54) is 13.8 Å². The number of nitrogens with zero attached hydrogens (tertiary/aromatic N) is 2. The number of pyridine rings is 1. The Morgan fingerprint density at radius 1 is 1.05 bits per heavy atom. The number of benzene rings is 3. The van der Waals surface area contributed by atoms with Crippen molar-refractivity contribution < 1.29 is 23.8 Å². The molecule has 0 saturated heterocycles. The van der Waals surface area contributed by atoms with Crippen LogP contribution in [0.3, 0.4) is 0 Å². The van der Waals surface area contributed by atoms with Gasteiger partial charge in [-0.1, -0.05) is 24.3 Å². The standard InChI is InChI=1S/C32H37N3O6/c1-18(36)39-30-27-25(41-32(3,4)31(30)40-19(2)37)17-23(33-13-10-14-34(5)6)26-28(27)35(7)24-16-21-12-9-8-11-20(21)15-22(24)29(26)38/h8-9,11-12,15-17,30-31,33H,10,13-14H2,1-7H3/t30-,31-/m1/s1. The van der Waals surface area contributed by atoms with Crippen molar-refractivity contribution in [1.29, 1.82) is 0 Å². The lowest BCUT2D eigenvalue weighted by Crippen LogP contribution is -2.52. The Hall–Kier alpha value is -4.11. The number of nitrogens with one attached hydrogen (secondary N) is 1. The van der Waals surface area contributed by atoms with Crippen molar-refractivity contribution in [3.63, 3.8) is 0 Å². The fourth-order valence-corrected chi connectivity index (χ4v) is 5.84. The van der Waals surface area contributed by atoms with E-state index in [1.54, 1.807) is 13.8 Å². The first-order valence-corrected chi connectivity index (χ1v) is 13.8. The number of rotatable bonds is 7. The molecule has 1 aliphatic heterocycles. The van der Waals surface area contributed by atoms with Crippen LogP contribution in [0.5, 0.6) is 5.75 Å². The van der Waals surface area contributed by atoms with E-state index in [-0.39, 0.29) is 5.43 Å². The molecule has 0 spiro atoms. The molecular formula is C32H37N3O6. The molecule has 4 aromatic rings. The SMILES string of the molecule is CC(=O)O[C@@H]1c2c(cc(NCCCN(C)C)c3c(=O)c4cc5ccccc5cc4n(C)c23)OC(C)(C)[C@@H]1OC(C)=O. The molecule has 0 aliphatic carbocycles. The number of ether oxygens (including phenoxy) is 3. The number of anilines is 1. The van der Waals surface area contributed by atoms with Crippen LogP contribution in [-0.2, 0) is 26.1 Å². The minimum absolute atomic E-state index is 0.146. The summed E-state index contributed by atoms with van der Waals surface area (Å²) in [7, 11) is 5.93. The van der Waals surface area contributed by atoms with Gasteiger partial charge < -0.3 is 29.0 Å². The Bertz CT molecular complexity index is 1740. The lowest BCUT2D eigenvalue weighted by Gasteiger charge is -2.43. The van der Waals surface area contributed by atoms with Crippen LogP contribution in [-0.4, -0.2) is 60.3 Å². The smallest absolute Gasteiger partial charge is 0.303 e. The summed E-state index contributed by atoms with van der Waals surface area (Å²) in [5, 5.41) is 6.47. The topological polar surface area (TPSA) is 99.1 Å². The molecule has 1 aromatic heterocycles. The van der Waals surface area contributed by atoms with Gasteiger partial charge in [-0.05, 0) is 63.8 Å². The van der Waals surface area contributed by atoms with Gasteiger partial charge in [-0.3, -0.25) is 14.4 Å². The molecule has 41 heavy (non-hydrogen) atoms. The molecule has 0 bridgehead atoms. The lowest BCUT2D eigenvalue weighted by molar-refractivity contribution is -0.187. The zero-order chi connectivity index (χ0) is 29.6. The fraction of sp³-hybridized carbons (Fsp3) is 0.406. The first-order valence-electron chi connectivity index (χ1n) is 13.8. The van der Waals surface area contributed by atoms with Gasteiger partial charge in [-0.25, -0.2) is 0 Å². The van der Waals surface area contributed by atoms with Crippen LogP contribution >= 0.6 is 0 Å². The van der Waals surface area contributed by atoms with Gasteiger partial charge in [0.2, 0.25) is 0 Å². The Morgan fingerprint density at radius 2 is 1.71 bits per heavy atom. The minimum Gasteiger partial charge on any atom is -0.483 e. The van der Waals surface area contributed by atoms with Gasteiger partial charge in [-0.2, -0.15) is 0 Å². The van der Waals surface area contributed by atoms with Gasteiger partial charge >= 0.3 is 11.9 Å². The van der Waals surface area contributed by atoms with Crippen LogP contribution in [0.2, 0.25) is 0 Å². The highest BCUT2D eigenvalue weighted by Gasteiger charge is 2.50. The quantitative estimate of drug-likeness (QED) is 0.194. The number of hydrogen-bond acceptors (Lipinski definition) is 8. The summed E-state index contributed by atoms with van der Waals surface area (Å²) in [6, 6.07) is 13.6. The molecule has 0 fully saturated rings. The van der Waals surface area contributed by atoms with Crippen molar-refractivity contribution in [3.05, 3.63) is 58.3 Å². The predicted molar refractivity (Wildman–Crippen MR) is 161 cm³/mol. The fourth-order valence-electron chi connectivity index (χ4n) is 5.84. The second kappa shape index (κ2) is 10.7. The van der Waals surface area contributed by atoms with Crippen molar-refractivity contribution in [1.82, 2.24) is 9.47 Å². The lowest BCUT2D eigenvalue weighted by atomic mass is 9.86. The van der Waals surface area contributed by atoms with Gasteiger partial charge in [0, 0.05) is 38.9 Å². The molecule has 9 heteroatoms. The number of carbonyl (C=O) groups is 2. The van der Waals surface area contributed by atoms with E-state index in [0.717, 1.165) is 29.3 Å². The van der Waals surface area contributed by atoms with Gasteiger partial charge in [0.1, 0.15) is 11.4 Å². The summed E-state index contributed by atoms with van der Waals surface area (Å²) < 4.78 is 20.0. The largest absolute Gasteiger partial charge is 0.483 e. The highest BCUT2D eigenvalue weighted by Crippen LogP contribution is 2.48. The van der Waals surface area contributed by atoms with Crippen molar-refractivity contribution in [2.24, 2.45) is 7.05 Å². The molecule has 1 N–H and O–H groups in total. The Kier molecular flexibility index (Phi) is 7.42. The van der Waals surface area contributed by atoms with Gasteiger partial charge in [-0.15, -0.1) is 0 Å². The molecule has 3 aromatic carbocycles. The second-order valence-corrected chi connectivity index (χ2v) is 11.5. The highest BCUT2D eigenvalue weighted by atomic mass is 16.6. The average Bonchev–Trinajstić information content (AvgIpc) is 2.89. The van der Waals surface area contributed by atoms with E-state index in [2.05, 4.69) is 10.2 Å². The maximum atomic E-state index is 14.4. The summed E-state index contributed by atoms with van der Waals surface area (Å²) in [5.41, 5.74) is 1.24. The van der Waals surface area contributed by atoms with Gasteiger partial charge in [0.05, 0.1) is 27.7 Å². The maximum Gasteiger partial charge on any atom is 0.303 e. The van der Waals surface area contributed by atoms with Crippen molar-refractivity contribution in [2.75, 3.05) is 32.5 Å². The van der Waals surface area contributed by atoms with Crippen LogP contribution in [0.4, 0.5) is 5.69 Å². The maximum absolute atomic E-state index is 14.4. The van der Waals surface area contributed by atoms with Crippen LogP contribution < -0.4 is 15.5 Å². The number of fused-ring (bicyclic) bond motifs is 5. The summed E-state index contributed by atoms with van der Waals surface area (Å²) in [4.78, 5) is 41.1. The molecule has 2 atom stereocenters. The molecule has 9 nitrogen and oxygen atoms in total. The molecule has 0 saturated carbocycles. The number of aromatic nitrogens is 1. The van der Waals surface area contributed by atoms with E-state index in [1.807, 2.05) is 68.2 Å². The normalized spacial score (nSPS) is 17.9. The van der Waals surface area contributed by atoms with Crippen LogP contribution in [0.25, 0.3) is 32.6 Å². The third-order valence-electron chi connectivity index (χ3n) is 7.64. The predicted octanol–water partition coefficient (Wildman–Crippen LogP) is 4.92. The first-order chi connectivity index (χ1) is 19.4. The van der Waals surface area contributed by atoms with Crippen molar-refractivity contribution in [2.45, 2.75) is 51.9 Å². The molecule has 0 amide bonds. The number of aryl methyl sites for hydroxylation is 1. The Balaban J connectivity index is 1.87.